The number of para-hydroxylation sites is 1. The summed E-state index contributed by atoms with van der Waals surface area (Å²) in [7, 11) is 0. The van der Waals surface area contributed by atoms with Crippen molar-refractivity contribution in [3.8, 4) is 0 Å². The predicted octanol–water partition coefficient (Wildman–Crippen LogP) is 5.24. The molecule has 200 valence electrons. The number of carbonyl (C=O) groups excluding carboxylic acids is 2. The zero-order chi connectivity index (χ0) is 26.6. The predicted molar refractivity (Wildman–Crippen MR) is 131 cm³/mol. The van der Waals surface area contributed by atoms with Crippen LogP contribution in [0.2, 0.25) is 0 Å². The fourth-order valence-electron chi connectivity index (χ4n) is 4.94. The van der Waals surface area contributed by atoms with Gasteiger partial charge in [0.1, 0.15) is 5.82 Å². The van der Waals surface area contributed by atoms with Crippen molar-refractivity contribution in [2.45, 2.75) is 44.8 Å². The minimum absolute atomic E-state index is 0.0517. The van der Waals surface area contributed by atoms with Crippen LogP contribution in [0.4, 0.5) is 28.9 Å². The maximum absolute atomic E-state index is 13.9. The van der Waals surface area contributed by atoms with Crippen molar-refractivity contribution in [1.29, 1.82) is 0 Å². The highest BCUT2D eigenvalue weighted by atomic mass is 19.4. The molecule has 2 saturated heterocycles. The van der Waals surface area contributed by atoms with Crippen LogP contribution in [0.25, 0.3) is 0 Å². The van der Waals surface area contributed by atoms with Crippen molar-refractivity contribution in [3.05, 3.63) is 59.4 Å². The summed E-state index contributed by atoms with van der Waals surface area (Å²) in [5.41, 5.74) is 0.337. The SMILES string of the molecule is Cc1ccccc1NC1CCN(C(=O)CC2CCOCC2)CC1C(=O)Nc1cc(F)cc(C(F)(F)F)c1. The number of nitrogens with zero attached hydrogens (tertiary/aromatic N) is 1. The number of ether oxygens (including phenoxy) is 1. The van der Waals surface area contributed by atoms with E-state index in [4.69, 9.17) is 4.74 Å². The first-order valence-corrected chi connectivity index (χ1v) is 12.5. The number of benzene rings is 2. The van der Waals surface area contributed by atoms with Crippen LogP contribution in [-0.4, -0.2) is 49.1 Å². The average molecular weight is 522 g/mol. The largest absolute Gasteiger partial charge is 0.416 e. The molecule has 37 heavy (non-hydrogen) atoms. The summed E-state index contributed by atoms with van der Waals surface area (Å²) in [4.78, 5) is 28.1. The second-order valence-electron chi connectivity index (χ2n) is 9.78. The third kappa shape index (κ3) is 7.00. The maximum Gasteiger partial charge on any atom is 0.416 e. The van der Waals surface area contributed by atoms with E-state index in [9.17, 15) is 27.2 Å². The Labute approximate surface area is 213 Å². The number of hydrogen-bond donors (Lipinski definition) is 2. The highest BCUT2D eigenvalue weighted by Crippen LogP contribution is 2.32. The fraction of sp³-hybridized carbons (Fsp3) is 0.481. The Morgan fingerprint density at radius 1 is 1.08 bits per heavy atom. The van der Waals surface area contributed by atoms with E-state index in [0.717, 1.165) is 30.2 Å². The summed E-state index contributed by atoms with van der Waals surface area (Å²) >= 11 is 0. The molecule has 2 N–H and O–H groups in total. The molecule has 2 aromatic rings. The van der Waals surface area contributed by atoms with Crippen molar-refractivity contribution >= 4 is 23.2 Å². The Balaban J connectivity index is 1.53. The van der Waals surface area contributed by atoms with Gasteiger partial charge in [0.05, 0.1) is 11.5 Å². The van der Waals surface area contributed by atoms with Crippen LogP contribution >= 0.6 is 0 Å². The van der Waals surface area contributed by atoms with E-state index in [-0.39, 0.29) is 30.1 Å². The number of nitrogens with one attached hydrogen (secondary N) is 2. The first-order chi connectivity index (χ1) is 17.6. The van der Waals surface area contributed by atoms with Crippen LogP contribution in [-0.2, 0) is 20.5 Å². The molecule has 10 heteroatoms. The molecule has 2 amide bonds. The molecule has 0 aromatic heterocycles. The highest BCUT2D eigenvalue weighted by Gasteiger charge is 2.37. The van der Waals surface area contributed by atoms with Gasteiger partial charge in [-0.25, -0.2) is 4.39 Å². The van der Waals surface area contributed by atoms with Crippen molar-refractivity contribution in [2.24, 2.45) is 11.8 Å². The number of hydrogen-bond acceptors (Lipinski definition) is 4. The lowest BCUT2D eigenvalue weighted by Gasteiger charge is -2.39. The molecule has 2 aromatic carbocycles. The average Bonchev–Trinajstić information content (AvgIpc) is 2.85. The van der Waals surface area contributed by atoms with Gasteiger partial charge >= 0.3 is 6.18 Å². The Morgan fingerprint density at radius 2 is 1.81 bits per heavy atom. The van der Waals surface area contributed by atoms with Crippen LogP contribution in [0.15, 0.2) is 42.5 Å². The number of halogens is 4. The monoisotopic (exact) mass is 521 g/mol. The molecule has 2 aliphatic rings. The molecule has 0 radical (unpaired) electrons. The standard InChI is InChI=1S/C27H31F4N3O3/c1-17-4-2-3-5-23(17)33-24-6-9-34(25(35)12-18-7-10-37-11-8-18)16-22(24)26(36)32-21-14-19(27(29,30)31)13-20(28)15-21/h2-5,13-15,18,22,24,33H,6-12,16H2,1H3,(H,32,36). The van der Waals surface area contributed by atoms with Crippen molar-refractivity contribution in [3.63, 3.8) is 0 Å². The van der Waals surface area contributed by atoms with Crippen LogP contribution in [0, 0.1) is 24.6 Å². The number of amides is 2. The molecule has 2 heterocycles. The number of piperidine rings is 1. The molecule has 2 aliphatic heterocycles. The Bertz CT molecular complexity index is 1120. The molecule has 6 nitrogen and oxygen atoms in total. The summed E-state index contributed by atoms with van der Waals surface area (Å²) in [5.74, 6) is -2.26. The zero-order valence-electron chi connectivity index (χ0n) is 20.6. The topological polar surface area (TPSA) is 70.7 Å². The normalized spacial score (nSPS) is 20.9. The molecule has 2 fully saturated rings. The number of rotatable bonds is 6. The van der Waals surface area contributed by atoms with Gasteiger partial charge in [0.25, 0.3) is 0 Å². The maximum atomic E-state index is 13.9. The Hall–Kier alpha value is -3.14. The number of alkyl halides is 3. The van der Waals surface area contributed by atoms with Gasteiger partial charge in [-0.15, -0.1) is 0 Å². The van der Waals surface area contributed by atoms with Gasteiger partial charge in [-0.05, 0) is 61.9 Å². The molecule has 0 saturated carbocycles. The van der Waals surface area contributed by atoms with Gasteiger partial charge in [-0.3, -0.25) is 9.59 Å². The minimum atomic E-state index is -4.76. The lowest BCUT2D eigenvalue weighted by Crippen LogP contribution is -2.53. The summed E-state index contributed by atoms with van der Waals surface area (Å²) in [5, 5.41) is 5.85. The molecule has 4 rings (SSSR count). The van der Waals surface area contributed by atoms with Crippen LogP contribution < -0.4 is 10.6 Å². The quantitative estimate of drug-likeness (QED) is 0.511. The second-order valence-corrected chi connectivity index (χ2v) is 9.78. The van der Waals surface area contributed by atoms with Gasteiger partial charge in [-0.1, -0.05) is 18.2 Å². The Morgan fingerprint density at radius 3 is 2.51 bits per heavy atom. The molecular weight excluding hydrogens is 490 g/mol. The lowest BCUT2D eigenvalue weighted by molar-refractivity contribution is -0.138. The van der Waals surface area contributed by atoms with E-state index < -0.39 is 29.4 Å². The lowest BCUT2D eigenvalue weighted by atomic mass is 9.89. The first-order valence-electron chi connectivity index (χ1n) is 12.5. The molecular formula is C27H31F4N3O3. The zero-order valence-corrected chi connectivity index (χ0v) is 20.6. The Kier molecular flexibility index (Phi) is 8.36. The van der Waals surface area contributed by atoms with E-state index in [1.54, 1.807) is 4.90 Å². The molecule has 2 atom stereocenters. The van der Waals surface area contributed by atoms with Crippen molar-refractivity contribution in [2.75, 3.05) is 36.9 Å². The molecule has 2 unspecified atom stereocenters. The number of anilines is 2. The molecule has 0 aliphatic carbocycles. The van der Waals surface area contributed by atoms with Crippen LogP contribution in [0.5, 0.6) is 0 Å². The van der Waals surface area contributed by atoms with E-state index in [0.29, 0.717) is 44.7 Å². The summed E-state index contributed by atoms with van der Waals surface area (Å²) in [6.07, 6.45) is -2.30. The second kappa shape index (κ2) is 11.5. The summed E-state index contributed by atoms with van der Waals surface area (Å²) in [6, 6.07) is 9.14. The number of likely N-dealkylation sites (tertiary alicyclic amines) is 1. The van der Waals surface area contributed by atoms with Crippen molar-refractivity contribution < 1.29 is 31.9 Å². The first kappa shape index (κ1) is 26.9. The smallest absolute Gasteiger partial charge is 0.381 e. The van der Waals surface area contributed by atoms with Gasteiger partial charge < -0.3 is 20.3 Å². The fourth-order valence-corrected chi connectivity index (χ4v) is 4.94. The molecule has 0 bridgehead atoms. The van der Waals surface area contributed by atoms with Crippen LogP contribution in [0.1, 0.15) is 36.8 Å². The van der Waals surface area contributed by atoms with Gasteiger partial charge in [0.2, 0.25) is 11.8 Å². The third-order valence-electron chi connectivity index (χ3n) is 7.09. The minimum Gasteiger partial charge on any atom is -0.381 e. The summed E-state index contributed by atoms with van der Waals surface area (Å²) in [6.45, 7) is 3.74. The highest BCUT2D eigenvalue weighted by molar-refractivity contribution is 5.94. The van der Waals surface area contributed by atoms with Gasteiger partial charge in [0.15, 0.2) is 0 Å². The van der Waals surface area contributed by atoms with E-state index in [1.807, 2.05) is 31.2 Å². The van der Waals surface area contributed by atoms with E-state index in [2.05, 4.69) is 10.6 Å². The number of carbonyl (C=O) groups is 2. The third-order valence-corrected chi connectivity index (χ3v) is 7.09. The summed E-state index contributed by atoms with van der Waals surface area (Å²) < 4.78 is 58.8. The van der Waals surface area contributed by atoms with Crippen molar-refractivity contribution in [1.82, 2.24) is 4.90 Å². The number of aryl methyl sites for hydroxylation is 1. The van der Waals surface area contributed by atoms with Gasteiger partial charge in [-0.2, -0.15) is 13.2 Å². The van der Waals surface area contributed by atoms with E-state index >= 15 is 0 Å². The molecule has 0 spiro atoms. The van der Waals surface area contributed by atoms with Crippen LogP contribution in [0.3, 0.4) is 0 Å². The van der Waals surface area contributed by atoms with E-state index in [1.165, 1.54) is 0 Å². The van der Waals surface area contributed by atoms with Gasteiger partial charge in [0, 0.05) is 50.1 Å².